The fraction of sp³-hybridized carbons (Fsp3) is 1.00. The molecule has 0 radical (unpaired) electrons. The average Bonchev–Trinajstić information content (AvgIpc) is 2.27. The highest BCUT2D eigenvalue weighted by Gasteiger charge is 2.42. The lowest BCUT2D eigenvalue weighted by Gasteiger charge is -2.34. The standard InChI is InChI=1S/C13H24F3N/c1-4-9(2)10(3)17-12-7-5-6-11(8-12)13(14,15)16/h9-12,17H,4-8H2,1-3H3. The summed E-state index contributed by atoms with van der Waals surface area (Å²) in [7, 11) is 0. The number of hydrogen-bond donors (Lipinski definition) is 1. The van der Waals surface area contributed by atoms with Crippen molar-refractivity contribution >= 4 is 0 Å². The Hall–Kier alpha value is -0.250. The zero-order valence-electron chi connectivity index (χ0n) is 11.0. The van der Waals surface area contributed by atoms with E-state index < -0.39 is 12.1 Å². The third-order valence-corrected chi connectivity index (χ3v) is 4.13. The van der Waals surface area contributed by atoms with Crippen molar-refractivity contribution in [3.8, 4) is 0 Å². The maximum absolute atomic E-state index is 12.6. The molecule has 1 aliphatic carbocycles. The Kier molecular flexibility index (Phi) is 5.29. The van der Waals surface area contributed by atoms with Crippen molar-refractivity contribution in [3.63, 3.8) is 0 Å². The highest BCUT2D eigenvalue weighted by Crippen LogP contribution is 2.37. The summed E-state index contributed by atoms with van der Waals surface area (Å²) in [6.07, 6.45) is -0.824. The Bertz CT molecular complexity index is 227. The van der Waals surface area contributed by atoms with Crippen molar-refractivity contribution in [1.29, 1.82) is 0 Å². The van der Waals surface area contributed by atoms with Crippen molar-refractivity contribution in [2.75, 3.05) is 0 Å². The van der Waals surface area contributed by atoms with E-state index in [0.29, 0.717) is 24.8 Å². The molecule has 0 spiro atoms. The van der Waals surface area contributed by atoms with Gasteiger partial charge in [-0.1, -0.05) is 26.7 Å². The zero-order chi connectivity index (χ0) is 13.1. The maximum Gasteiger partial charge on any atom is 0.391 e. The minimum atomic E-state index is -4.01. The largest absolute Gasteiger partial charge is 0.391 e. The average molecular weight is 251 g/mol. The molecule has 4 unspecified atom stereocenters. The monoisotopic (exact) mass is 251 g/mol. The summed E-state index contributed by atoms with van der Waals surface area (Å²) in [6.45, 7) is 6.33. The Morgan fingerprint density at radius 2 is 1.88 bits per heavy atom. The van der Waals surface area contributed by atoms with E-state index in [1.807, 2.05) is 0 Å². The second kappa shape index (κ2) is 6.07. The quantitative estimate of drug-likeness (QED) is 0.792. The molecule has 1 saturated carbocycles. The van der Waals surface area contributed by atoms with Crippen molar-refractivity contribution in [2.24, 2.45) is 11.8 Å². The van der Waals surface area contributed by atoms with Crippen LogP contribution in [-0.2, 0) is 0 Å². The molecule has 1 N–H and O–H groups in total. The fourth-order valence-corrected chi connectivity index (χ4v) is 2.53. The van der Waals surface area contributed by atoms with Crippen LogP contribution in [0.15, 0.2) is 0 Å². The van der Waals surface area contributed by atoms with E-state index in [0.717, 1.165) is 12.8 Å². The summed E-state index contributed by atoms with van der Waals surface area (Å²) in [6, 6.07) is 0.344. The summed E-state index contributed by atoms with van der Waals surface area (Å²) in [5, 5.41) is 3.37. The van der Waals surface area contributed by atoms with Gasteiger partial charge in [-0.05, 0) is 32.1 Å². The molecule has 1 fully saturated rings. The molecule has 4 atom stereocenters. The fourth-order valence-electron chi connectivity index (χ4n) is 2.53. The van der Waals surface area contributed by atoms with E-state index in [9.17, 15) is 13.2 Å². The minimum Gasteiger partial charge on any atom is -0.311 e. The van der Waals surface area contributed by atoms with Crippen LogP contribution in [0.3, 0.4) is 0 Å². The Balaban J connectivity index is 2.45. The van der Waals surface area contributed by atoms with Crippen LogP contribution in [0.1, 0.15) is 52.9 Å². The lowest BCUT2D eigenvalue weighted by molar-refractivity contribution is -0.183. The lowest BCUT2D eigenvalue weighted by atomic mass is 9.84. The van der Waals surface area contributed by atoms with E-state index >= 15 is 0 Å². The number of hydrogen-bond acceptors (Lipinski definition) is 1. The molecule has 4 heteroatoms. The number of halogens is 3. The molecule has 17 heavy (non-hydrogen) atoms. The molecule has 102 valence electrons. The van der Waals surface area contributed by atoms with Gasteiger partial charge in [0.1, 0.15) is 0 Å². The van der Waals surface area contributed by atoms with Crippen LogP contribution in [-0.4, -0.2) is 18.3 Å². The van der Waals surface area contributed by atoms with E-state index in [1.54, 1.807) is 0 Å². The van der Waals surface area contributed by atoms with Crippen LogP contribution in [0.2, 0.25) is 0 Å². The third-order valence-electron chi connectivity index (χ3n) is 4.13. The summed E-state index contributed by atoms with van der Waals surface area (Å²) in [5.41, 5.74) is 0. The molecular weight excluding hydrogens is 227 g/mol. The Labute approximate surface area is 102 Å². The predicted octanol–water partition coefficient (Wildman–Crippen LogP) is 4.13. The summed E-state index contributed by atoms with van der Waals surface area (Å²) in [5.74, 6) is -0.584. The van der Waals surface area contributed by atoms with Crippen molar-refractivity contribution in [1.82, 2.24) is 5.32 Å². The molecule has 1 rings (SSSR count). The predicted molar refractivity (Wildman–Crippen MR) is 63.9 cm³/mol. The zero-order valence-corrected chi connectivity index (χ0v) is 11.0. The Morgan fingerprint density at radius 3 is 2.41 bits per heavy atom. The number of nitrogens with one attached hydrogen (secondary N) is 1. The molecule has 1 nitrogen and oxygen atoms in total. The number of alkyl halides is 3. The van der Waals surface area contributed by atoms with E-state index in [-0.39, 0.29) is 12.5 Å². The van der Waals surface area contributed by atoms with Crippen molar-refractivity contribution < 1.29 is 13.2 Å². The molecular formula is C13H24F3N. The lowest BCUT2D eigenvalue weighted by Crippen LogP contribution is -2.44. The summed E-state index contributed by atoms with van der Waals surface area (Å²) in [4.78, 5) is 0. The molecule has 0 aromatic heterocycles. The van der Waals surface area contributed by atoms with Crippen molar-refractivity contribution in [3.05, 3.63) is 0 Å². The van der Waals surface area contributed by atoms with Gasteiger partial charge in [0.25, 0.3) is 0 Å². The molecule has 1 aliphatic rings. The first-order chi connectivity index (χ1) is 7.84. The van der Waals surface area contributed by atoms with Crippen LogP contribution >= 0.6 is 0 Å². The van der Waals surface area contributed by atoms with Crippen molar-refractivity contribution in [2.45, 2.75) is 71.1 Å². The molecule has 0 aliphatic heterocycles. The third kappa shape index (κ3) is 4.49. The smallest absolute Gasteiger partial charge is 0.311 e. The van der Waals surface area contributed by atoms with Crippen LogP contribution < -0.4 is 5.32 Å². The topological polar surface area (TPSA) is 12.0 Å². The van der Waals surface area contributed by atoms with E-state index in [4.69, 9.17) is 0 Å². The van der Waals surface area contributed by atoms with Gasteiger partial charge >= 0.3 is 6.18 Å². The number of rotatable bonds is 4. The molecule has 0 aromatic rings. The molecule has 0 amide bonds. The summed E-state index contributed by atoms with van der Waals surface area (Å²) >= 11 is 0. The van der Waals surface area contributed by atoms with Gasteiger partial charge in [-0.25, -0.2) is 0 Å². The highest BCUT2D eigenvalue weighted by atomic mass is 19.4. The van der Waals surface area contributed by atoms with Crippen LogP contribution in [0, 0.1) is 11.8 Å². The van der Waals surface area contributed by atoms with Gasteiger partial charge in [0, 0.05) is 12.1 Å². The first-order valence-electron chi connectivity index (χ1n) is 6.67. The van der Waals surface area contributed by atoms with Gasteiger partial charge in [0.15, 0.2) is 0 Å². The second-order valence-corrected chi connectivity index (χ2v) is 5.44. The minimum absolute atomic E-state index is 0.0411. The SMILES string of the molecule is CCC(C)C(C)NC1CCCC(C(F)(F)F)C1. The van der Waals surface area contributed by atoms with Gasteiger partial charge in [0.2, 0.25) is 0 Å². The van der Waals surface area contributed by atoms with Crippen LogP contribution in [0.25, 0.3) is 0 Å². The molecule has 0 bridgehead atoms. The van der Waals surface area contributed by atoms with E-state index in [1.165, 1.54) is 0 Å². The first kappa shape index (κ1) is 14.8. The molecule has 0 aromatic carbocycles. The van der Waals surface area contributed by atoms with Crippen LogP contribution in [0.5, 0.6) is 0 Å². The Morgan fingerprint density at radius 1 is 1.24 bits per heavy atom. The highest BCUT2D eigenvalue weighted by molar-refractivity contribution is 4.84. The van der Waals surface area contributed by atoms with Gasteiger partial charge < -0.3 is 5.32 Å². The molecule has 0 saturated heterocycles. The summed E-state index contributed by atoms with van der Waals surface area (Å²) < 4.78 is 37.9. The van der Waals surface area contributed by atoms with Gasteiger partial charge in [0.05, 0.1) is 5.92 Å². The van der Waals surface area contributed by atoms with Gasteiger partial charge in [-0.2, -0.15) is 13.2 Å². The van der Waals surface area contributed by atoms with Crippen LogP contribution in [0.4, 0.5) is 13.2 Å². The van der Waals surface area contributed by atoms with Gasteiger partial charge in [-0.3, -0.25) is 0 Å². The normalized spacial score (nSPS) is 30.0. The van der Waals surface area contributed by atoms with Gasteiger partial charge in [-0.15, -0.1) is 0 Å². The van der Waals surface area contributed by atoms with E-state index in [2.05, 4.69) is 26.1 Å². The molecule has 0 heterocycles. The first-order valence-corrected chi connectivity index (χ1v) is 6.67. The second-order valence-electron chi connectivity index (χ2n) is 5.44. The maximum atomic E-state index is 12.6.